The molecule has 0 aliphatic heterocycles. The third-order valence-electron chi connectivity index (χ3n) is 1.53. The SMILES string of the molecule is C#C/C=C(\C)c1ccccc1. The van der Waals surface area contributed by atoms with Crippen LogP contribution in [0.2, 0.25) is 0 Å². The van der Waals surface area contributed by atoms with Gasteiger partial charge in [-0.1, -0.05) is 36.3 Å². The molecule has 0 amide bonds. The molecule has 0 spiro atoms. The predicted molar refractivity (Wildman–Crippen MR) is 48.9 cm³/mol. The lowest BCUT2D eigenvalue weighted by atomic mass is 10.1. The highest BCUT2D eigenvalue weighted by Gasteiger charge is 1.89. The summed E-state index contributed by atoms with van der Waals surface area (Å²) in [6, 6.07) is 10.1. The lowest BCUT2D eigenvalue weighted by Gasteiger charge is -1.96. The van der Waals surface area contributed by atoms with Gasteiger partial charge in [0.2, 0.25) is 0 Å². The summed E-state index contributed by atoms with van der Waals surface area (Å²) in [5, 5.41) is 0. The van der Waals surface area contributed by atoms with E-state index in [9.17, 15) is 0 Å². The minimum absolute atomic E-state index is 1.13. The quantitative estimate of drug-likeness (QED) is 0.529. The first kappa shape index (κ1) is 7.63. The first-order valence-corrected chi connectivity index (χ1v) is 3.53. The molecule has 0 saturated carbocycles. The van der Waals surface area contributed by atoms with Gasteiger partial charge in [0, 0.05) is 0 Å². The van der Waals surface area contributed by atoms with Crippen molar-refractivity contribution in [2.75, 3.05) is 0 Å². The van der Waals surface area contributed by atoms with Gasteiger partial charge in [0.25, 0.3) is 0 Å². The topological polar surface area (TPSA) is 0 Å². The zero-order valence-corrected chi connectivity index (χ0v) is 6.54. The van der Waals surface area contributed by atoms with Gasteiger partial charge in [0.15, 0.2) is 0 Å². The van der Waals surface area contributed by atoms with E-state index < -0.39 is 0 Å². The largest absolute Gasteiger partial charge is 0.115 e. The zero-order chi connectivity index (χ0) is 8.10. The van der Waals surface area contributed by atoms with E-state index in [4.69, 9.17) is 6.42 Å². The highest BCUT2D eigenvalue weighted by atomic mass is 13.9. The van der Waals surface area contributed by atoms with E-state index >= 15 is 0 Å². The molecule has 0 saturated heterocycles. The Bertz CT molecular complexity index is 286. The molecule has 0 fully saturated rings. The molecule has 11 heavy (non-hydrogen) atoms. The molecule has 1 aromatic rings. The van der Waals surface area contributed by atoms with E-state index in [1.54, 1.807) is 6.08 Å². The molecule has 0 radical (unpaired) electrons. The van der Waals surface area contributed by atoms with Crippen LogP contribution in [-0.4, -0.2) is 0 Å². The van der Waals surface area contributed by atoms with Gasteiger partial charge in [-0.2, -0.15) is 0 Å². The van der Waals surface area contributed by atoms with Crippen molar-refractivity contribution < 1.29 is 0 Å². The number of benzene rings is 1. The van der Waals surface area contributed by atoms with Crippen LogP contribution in [0.4, 0.5) is 0 Å². The molecule has 0 N–H and O–H groups in total. The van der Waals surface area contributed by atoms with Crippen LogP contribution in [0.3, 0.4) is 0 Å². The molecule has 54 valence electrons. The van der Waals surface area contributed by atoms with Crippen LogP contribution in [0, 0.1) is 12.3 Å². The number of allylic oxidation sites excluding steroid dienone is 2. The van der Waals surface area contributed by atoms with Gasteiger partial charge in [0.05, 0.1) is 0 Å². The zero-order valence-electron chi connectivity index (χ0n) is 6.54. The molecule has 0 atom stereocenters. The van der Waals surface area contributed by atoms with Gasteiger partial charge < -0.3 is 0 Å². The molecule has 1 aromatic carbocycles. The Morgan fingerprint density at radius 2 is 2.00 bits per heavy atom. The van der Waals surface area contributed by atoms with Gasteiger partial charge in [-0.15, -0.1) is 6.42 Å². The third-order valence-corrected chi connectivity index (χ3v) is 1.53. The number of rotatable bonds is 1. The lowest BCUT2D eigenvalue weighted by molar-refractivity contribution is 1.57. The molecule has 0 aromatic heterocycles. The monoisotopic (exact) mass is 142 g/mol. The van der Waals surface area contributed by atoms with Crippen molar-refractivity contribution in [1.82, 2.24) is 0 Å². The van der Waals surface area contributed by atoms with Gasteiger partial charge in [-0.25, -0.2) is 0 Å². The van der Waals surface area contributed by atoms with Crippen LogP contribution in [-0.2, 0) is 0 Å². The van der Waals surface area contributed by atoms with Crippen LogP contribution < -0.4 is 0 Å². The second-order valence-electron chi connectivity index (χ2n) is 2.36. The van der Waals surface area contributed by atoms with Crippen molar-refractivity contribution in [3.8, 4) is 12.3 Å². The highest BCUT2D eigenvalue weighted by molar-refractivity contribution is 5.65. The smallest absolute Gasteiger partial charge is 0.00863 e. The van der Waals surface area contributed by atoms with Crippen molar-refractivity contribution in [3.05, 3.63) is 42.0 Å². The van der Waals surface area contributed by atoms with Crippen LogP contribution >= 0.6 is 0 Å². The molecule has 1 rings (SSSR count). The van der Waals surface area contributed by atoms with Crippen molar-refractivity contribution in [3.63, 3.8) is 0 Å². The molecule has 0 aliphatic rings. The first-order chi connectivity index (χ1) is 5.34. The minimum Gasteiger partial charge on any atom is -0.115 e. The molecular formula is C11H10. The summed E-state index contributed by atoms with van der Waals surface area (Å²) in [5.74, 6) is 2.50. The number of hydrogen-bond donors (Lipinski definition) is 0. The Morgan fingerprint density at radius 1 is 1.36 bits per heavy atom. The van der Waals surface area contributed by atoms with E-state index in [0.29, 0.717) is 0 Å². The first-order valence-electron chi connectivity index (χ1n) is 3.53. The Morgan fingerprint density at radius 3 is 2.55 bits per heavy atom. The summed E-state index contributed by atoms with van der Waals surface area (Å²) in [7, 11) is 0. The van der Waals surface area contributed by atoms with Crippen molar-refractivity contribution in [2.45, 2.75) is 6.92 Å². The van der Waals surface area contributed by atoms with E-state index in [1.807, 2.05) is 37.3 Å². The maximum atomic E-state index is 5.14. The summed E-state index contributed by atoms with van der Waals surface area (Å²) in [6.45, 7) is 2.01. The van der Waals surface area contributed by atoms with E-state index in [2.05, 4.69) is 5.92 Å². The molecular weight excluding hydrogens is 132 g/mol. The van der Waals surface area contributed by atoms with Crippen molar-refractivity contribution in [1.29, 1.82) is 0 Å². The molecule has 0 bridgehead atoms. The Kier molecular flexibility index (Phi) is 2.52. The van der Waals surface area contributed by atoms with E-state index in [-0.39, 0.29) is 0 Å². The van der Waals surface area contributed by atoms with Crippen LogP contribution in [0.25, 0.3) is 5.57 Å². The average Bonchev–Trinajstić information content (AvgIpc) is 2.07. The van der Waals surface area contributed by atoms with Crippen LogP contribution in [0.15, 0.2) is 36.4 Å². The fraction of sp³-hybridized carbons (Fsp3) is 0.0909. The summed E-state index contributed by atoms with van der Waals surface area (Å²) in [6.07, 6.45) is 6.91. The Labute approximate surface area is 67.6 Å². The maximum Gasteiger partial charge on any atom is -0.00863 e. The third kappa shape index (κ3) is 1.98. The van der Waals surface area contributed by atoms with Gasteiger partial charge in [-0.3, -0.25) is 0 Å². The van der Waals surface area contributed by atoms with Gasteiger partial charge in [-0.05, 0) is 24.1 Å². The Balaban J connectivity index is 2.96. The minimum atomic E-state index is 1.13. The predicted octanol–water partition coefficient (Wildman–Crippen LogP) is 2.72. The summed E-state index contributed by atoms with van der Waals surface area (Å²) in [5.41, 5.74) is 2.32. The number of terminal acetylenes is 1. The second kappa shape index (κ2) is 3.63. The van der Waals surface area contributed by atoms with Crippen molar-refractivity contribution >= 4 is 5.57 Å². The fourth-order valence-corrected chi connectivity index (χ4v) is 0.909. The standard InChI is InChI=1S/C11H10/c1-3-7-10(2)11-8-5-4-6-9-11/h1,4-9H,2H3/b10-7+. The van der Waals surface area contributed by atoms with E-state index in [1.165, 1.54) is 5.56 Å². The van der Waals surface area contributed by atoms with Crippen LogP contribution in [0.1, 0.15) is 12.5 Å². The molecule has 0 heterocycles. The number of hydrogen-bond acceptors (Lipinski definition) is 0. The molecule has 0 aliphatic carbocycles. The maximum absolute atomic E-state index is 5.14. The van der Waals surface area contributed by atoms with Crippen molar-refractivity contribution in [2.24, 2.45) is 0 Å². The van der Waals surface area contributed by atoms with Crippen LogP contribution in [0.5, 0.6) is 0 Å². The van der Waals surface area contributed by atoms with Gasteiger partial charge in [0.1, 0.15) is 0 Å². The second-order valence-corrected chi connectivity index (χ2v) is 2.36. The molecule has 0 nitrogen and oxygen atoms in total. The highest BCUT2D eigenvalue weighted by Crippen LogP contribution is 2.11. The lowest BCUT2D eigenvalue weighted by Crippen LogP contribution is -1.75. The summed E-state index contributed by atoms with van der Waals surface area (Å²) >= 11 is 0. The average molecular weight is 142 g/mol. The van der Waals surface area contributed by atoms with E-state index in [0.717, 1.165) is 5.57 Å². The molecule has 0 heteroatoms. The summed E-state index contributed by atoms with van der Waals surface area (Å²) in [4.78, 5) is 0. The normalized spacial score (nSPS) is 10.7. The van der Waals surface area contributed by atoms with Gasteiger partial charge >= 0.3 is 0 Å². The Hall–Kier alpha value is -1.48. The molecule has 0 unspecified atom stereocenters. The fourth-order valence-electron chi connectivity index (χ4n) is 0.909. The summed E-state index contributed by atoms with van der Waals surface area (Å²) < 4.78 is 0.